The SMILES string of the molecule is O=C1C=CC2=C[C@H]3C([I-]CC4CC4)CC[C@]45C2=C1O[C@H]4C(=O)CC[C@@]35O. The number of hydrogen-bond donors (Lipinski definition) is 1. The fourth-order valence-electron chi connectivity index (χ4n) is 6.00. The molecule has 0 saturated heterocycles. The minimum absolute atomic E-state index is 0.0397. The Morgan fingerprint density at radius 3 is 2.85 bits per heavy atom. The molecule has 26 heavy (non-hydrogen) atoms. The summed E-state index contributed by atoms with van der Waals surface area (Å²) in [6.07, 6.45) is 10.5. The van der Waals surface area contributed by atoms with Crippen molar-refractivity contribution in [2.75, 3.05) is 4.43 Å². The summed E-state index contributed by atoms with van der Waals surface area (Å²) in [7, 11) is 0. The normalized spacial score (nSPS) is 45.6. The molecule has 3 saturated carbocycles. The molecule has 5 atom stereocenters. The van der Waals surface area contributed by atoms with Crippen LogP contribution in [0.25, 0.3) is 0 Å². The van der Waals surface area contributed by atoms with Gasteiger partial charge in [-0.1, -0.05) is 0 Å². The first kappa shape index (κ1) is 16.0. The van der Waals surface area contributed by atoms with Crippen LogP contribution < -0.4 is 21.2 Å². The first-order valence-electron chi connectivity index (χ1n) is 9.73. The average molecular weight is 465 g/mol. The van der Waals surface area contributed by atoms with Crippen molar-refractivity contribution in [1.82, 2.24) is 0 Å². The second-order valence-electron chi connectivity index (χ2n) is 8.72. The Labute approximate surface area is 163 Å². The molecule has 5 heteroatoms. The summed E-state index contributed by atoms with van der Waals surface area (Å²) in [4.78, 5) is 25.2. The average Bonchev–Trinajstić information content (AvgIpc) is 3.37. The number of ketones is 2. The molecule has 0 radical (unpaired) electrons. The molecule has 3 fully saturated rings. The Kier molecular flexibility index (Phi) is 3.15. The third kappa shape index (κ3) is 1.79. The van der Waals surface area contributed by atoms with E-state index in [1.54, 1.807) is 6.08 Å². The summed E-state index contributed by atoms with van der Waals surface area (Å²) in [5, 5.41) is 12.0. The van der Waals surface area contributed by atoms with E-state index in [-0.39, 0.29) is 38.7 Å². The predicted molar refractivity (Wildman–Crippen MR) is 89.9 cm³/mol. The van der Waals surface area contributed by atoms with Crippen LogP contribution in [0, 0.1) is 17.3 Å². The second-order valence-corrected chi connectivity index (χ2v) is 12.1. The van der Waals surface area contributed by atoms with Gasteiger partial charge in [-0.15, -0.1) is 0 Å². The van der Waals surface area contributed by atoms with Gasteiger partial charge in [0.1, 0.15) is 0 Å². The number of rotatable bonds is 3. The number of ether oxygens (including phenoxy) is 1. The number of hydrogen-bond acceptors (Lipinski definition) is 4. The van der Waals surface area contributed by atoms with Crippen LogP contribution >= 0.6 is 0 Å². The number of alkyl halides is 2. The summed E-state index contributed by atoms with van der Waals surface area (Å²) in [6.45, 7) is 0. The van der Waals surface area contributed by atoms with Crippen molar-refractivity contribution in [2.24, 2.45) is 17.3 Å². The molecule has 1 aliphatic heterocycles. The molecule has 4 nitrogen and oxygen atoms in total. The molecule has 1 spiro atoms. The van der Waals surface area contributed by atoms with E-state index < -0.39 is 17.1 Å². The van der Waals surface area contributed by atoms with Crippen LogP contribution in [0.15, 0.2) is 35.1 Å². The molecule has 0 aromatic carbocycles. The Morgan fingerprint density at radius 2 is 2.04 bits per heavy atom. The predicted octanol–water partition coefficient (Wildman–Crippen LogP) is -0.924. The Morgan fingerprint density at radius 1 is 1.19 bits per heavy atom. The zero-order chi connectivity index (χ0) is 17.7. The molecule has 0 aromatic rings. The zero-order valence-electron chi connectivity index (χ0n) is 14.5. The fraction of sp³-hybridized carbons (Fsp3) is 0.619. The van der Waals surface area contributed by atoms with E-state index in [4.69, 9.17) is 4.74 Å². The summed E-state index contributed by atoms with van der Waals surface area (Å²) >= 11 is 0.0397. The summed E-state index contributed by atoms with van der Waals surface area (Å²) in [5.74, 6) is 1.29. The van der Waals surface area contributed by atoms with Crippen molar-refractivity contribution >= 4 is 11.6 Å². The van der Waals surface area contributed by atoms with E-state index in [1.165, 1.54) is 17.3 Å². The first-order chi connectivity index (χ1) is 12.5. The standard InChI is InChI=1S/C21H22IO4/c23-15-4-3-12-9-13-14(22-10-11-1-2-11)5-7-20-17(12)18(15)26-19(20)16(24)6-8-21(13,20)25/h3-4,9,11,13-14,19,25H,1-2,5-8,10H2/q-1/t13-,14?,19-,20-,21+/m0/s1. The van der Waals surface area contributed by atoms with Gasteiger partial charge in [-0.25, -0.2) is 0 Å². The van der Waals surface area contributed by atoms with Crippen LogP contribution in [-0.4, -0.2) is 36.7 Å². The molecule has 0 aromatic heterocycles. The molecule has 1 N–H and O–H groups in total. The quantitative estimate of drug-likeness (QED) is 0.433. The summed E-state index contributed by atoms with van der Waals surface area (Å²) in [6, 6.07) is 0. The van der Waals surface area contributed by atoms with Gasteiger partial charge in [-0.05, 0) is 0 Å². The van der Waals surface area contributed by atoms with Gasteiger partial charge in [-0.3, -0.25) is 0 Å². The van der Waals surface area contributed by atoms with Gasteiger partial charge in [0.2, 0.25) is 0 Å². The van der Waals surface area contributed by atoms with Crippen LogP contribution in [0.3, 0.4) is 0 Å². The van der Waals surface area contributed by atoms with Gasteiger partial charge in [0.05, 0.1) is 0 Å². The van der Waals surface area contributed by atoms with E-state index in [0.29, 0.717) is 22.5 Å². The molecule has 6 aliphatic rings. The zero-order valence-corrected chi connectivity index (χ0v) is 16.7. The molecule has 1 unspecified atom stereocenters. The molecule has 6 rings (SSSR count). The van der Waals surface area contributed by atoms with Gasteiger partial charge in [0.25, 0.3) is 0 Å². The van der Waals surface area contributed by atoms with Crippen LogP contribution in [0.5, 0.6) is 0 Å². The Bertz CT molecular complexity index is 835. The van der Waals surface area contributed by atoms with Crippen molar-refractivity contribution in [3.05, 3.63) is 35.1 Å². The molecule has 0 amide bonds. The summed E-state index contributed by atoms with van der Waals surface area (Å²) in [5.41, 5.74) is 0.267. The van der Waals surface area contributed by atoms with Gasteiger partial charge in [0, 0.05) is 0 Å². The number of allylic oxidation sites excluding steroid dienone is 3. The van der Waals surface area contributed by atoms with Crippen molar-refractivity contribution in [1.29, 1.82) is 0 Å². The van der Waals surface area contributed by atoms with Crippen LogP contribution in [0.1, 0.15) is 38.5 Å². The van der Waals surface area contributed by atoms with Crippen LogP contribution in [0.4, 0.5) is 0 Å². The Hall–Kier alpha value is -0.950. The molecule has 138 valence electrons. The minimum atomic E-state index is -0.927. The van der Waals surface area contributed by atoms with E-state index in [2.05, 4.69) is 6.08 Å². The molecule has 2 bridgehead atoms. The maximum absolute atomic E-state index is 12.7. The van der Waals surface area contributed by atoms with Crippen molar-refractivity contribution in [2.45, 2.75) is 54.2 Å². The molecule has 5 aliphatic carbocycles. The summed E-state index contributed by atoms with van der Waals surface area (Å²) < 4.78 is 7.94. The number of carbonyl (C=O) groups is 2. The van der Waals surface area contributed by atoms with Gasteiger partial charge >= 0.3 is 163 Å². The van der Waals surface area contributed by atoms with Gasteiger partial charge in [-0.2, -0.15) is 0 Å². The molecule has 1 heterocycles. The Balaban J connectivity index is 1.51. The third-order valence-corrected chi connectivity index (χ3v) is 11.7. The van der Waals surface area contributed by atoms with Crippen LogP contribution in [-0.2, 0) is 14.3 Å². The first-order valence-corrected chi connectivity index (χ1v) is 12.5. The van der Waals surface area contributed by atoms with E-state index >= 15 is 0 Å². The number of halogens is 1. The maximum atomic E-state index is 12.7. The second kappa shape index (κ2) is 5.10. The van der Waals surface area contributed by atoms with Crippen molar-refractivity contribution in [3.63, 3.8) is 0 Å². The topological polar surface area (TPSA) is 63.6 Å². The monoisotopic (exact) mass is 465 g/mol. The van der Waals surface area contributed by atoms with Crippen LogP contribution in [0.2, 0.25) is 0 Å². The number of Topliss-reactive ketones (excluding diaryl/α,β-unsaturated/α-hetero) is 1. The van der Waals surface area contributed by atoms with Gasteiger partial charge in [0.15, 0.2) is 0 Å². The number of aliphatic hydroxyl groups is 1. The molecular weight excluding hydrogens is 443 g/mol. The number of carbonyl (C=O) groups excluding carboxylic acids is 2. The van der Waals surface area contributed by atoms with Crippen molar-refractivity contribution < 1.29 is 40.6 Å². The molecular formula is C21H22IO4-. The van der Waals surface area contributed by atoms with Gasteiger partial charge < -0.3 is 0 Å². The fourth-order valence-corrected chi connectivity index (χ4v) is 10.4. The third-order valence-electron chi connectivity index (χ3n) is 7.42. The van der Waals surface area contributed by atoms with E-state index in [0.717, 1.165) is 29.9 Å². The van der Waals surface area contributed by atoms with E-state index in [9.17, 15) is 14.7 Å². The van der Waals surface area contributed by atoms with E-state index in [1.807, 2.05) is 6.08 Å². The van der Waals surface area contributed by atoms with Crippen molar-refractivity contribution in [3.8, 4) is 0 Å².